The van der Waals surface area contributed by atoms with E-state index in [1.165, 1.54) is 0 Å². The third kappa shape index (κ3) is 5.83. The van der Waals surface area contributed by atoms with Crippen LogP contribution in [0.15, 0.2) is 30.3 Å². The van der Waals surface area contributed by atoms with Crippen molar-refractivity contribution in [2.45, 2.75) is 25.5 Å². The van der Waals surface area contributed by atoms with Crippen LogP contribution in [0.3, 0.4) is 0 Å². The zero-order valence-electron chi connectivity index (χ0n) is 12.5. The molecule has 6 heteroatoms. The number of hydrogen-bond acceptors (Lipinski definition) is 4. The largest absolute Gasteiger partial charge is 0.480 e. The molecule has 0 bridgehead atoms. The molecule has 1 saturated heterocycles. The summed E-state index contributed by atoms with van der Waals surface area (Å²) in [5.41, 5.74) is 1.12. The van der Waals surface area contributed by atoms with Crippen molar-refractivity contribution in [3.63, 3.8) is 0 Å². The first-order chi connectivity index (χ1) is 10.6. The zero-order chi connectivity index (χ0) is 15.8. The standard InChI is InChI=1S/C16H22N2O4/c19-15(17-9-16(20)21)12-18(11-14-7-4-8-22-14)10-13-5-2-1-3-6-13/h1-3,5-6,14H,4,7-12H2,(H,17,19)(H,20,21). The number of ether oxygens (including phenoxy) is 1. The summed E-state index contributed by atoms with van der Waals surface area (Å²) in [6.07, 6.45) is 2.20. The monoisotopic (exact) mass is 306 g/mol. The number of nitrogens with one attached hydrogen (secondary N) is 1. The van der Waals surface area contributed by atoms with Gasteiger partial charge < -0.3 is 15.2 Å². The first-order valence-electron chi connectivity index (χ1n) is 7.50. The van der Waals surface area contributed by atoms with Crippen molar-refractivity contribution >= 4 is 11.9 Å². The molecule has 0 spiro atoms. The summed E-state index contributed by atoms with van der Waals surface area (Å²) in [5.74, 6) is -1.32. The Morgan fingerprint density at radius 1 is 1.32 bits per heavy atom. The molecule has 1 aliphatic heterocycles. The number of carbonyl (C=O) groups excluding carboxylic acids is 1. The molecule has 1 fully saturated rings. The molecule has 22 heavy (non-hydrogen) atoms. The fourth-order valence-corrected chi connectivity index (χ4v) is 2.54. The average Bonchev–Trinajstić information content (AvgIpc) is 2.99. The highest BCUT2D eigenvalue weighted by Gasteiger charge is 2.21. The van der Waals surface area contributed by atoms with Crippen molar-refractivity contribution in [3.8, 4) is 0 Å². The Labute approximate surface area is 130 Å². The van der Waals surface area contributed by atoms with Crippen LogP contribution in [0.25, 0.3) is 0 Å². The van der Waals surface area contributed by atoms with Crippen LogP contribution in [0.4, 0.5) is 0 Å². The van der Waals surface area contributed by atoms with E-state index in [-0.39, 0.29) is 25.1 Å². The lowest BCUT2D eigenvalue weighted by atomic mass is 10.2. The van der Waals surface area contributed by atoms with Crippen LogP contribution in [-0.4, -0.2) is 54.2 Å². The number of nitrogens with zero attached hydrogens (tertiary/aromatic N) is 1. The average molecular weight is 306 g/mol. The Bertz CT molecular complexity index is 486. The summed E-state index contributed by atoms with van der Waals surface area (Å²) in [7, 11) is 0. The minimum Gasteiger partial charge on any atom is -0.480 e. The predicted octanol–water partition coefficient (Wildman–Crippen LogP) is 0.868. The maximum atomic E-state index is 11.9. The summed E-state index contributed by atoms with van der Waals surface area (Å²) in [5, 5.41) is 11.0. The third-order valence-corrected chi connectivity index (χ3v) is 3.54. The molecular weight excluding hydrogens is 284 g/mol. The smallest absolute Gasteiger partial charge is 0.322 e. The molecular formula is C16H22N2O4. The molecule has 1 aliphatic rings. The molecule has 6 nitrogen and oxygen atoms in total. The highest BCUT2D eigenvalue weighted by atomic mass is 16.5. The maximum absolute atomic E-state index is 11.9. The van der Waals surface area contributed by atoms with Crippen molar-refractivity contribution in [1.82, 2.24) is 10.2 Å². The van der Waals surface area contributed by atoms with Crippen LogP contribution < -0.4 is 5.32 Å². The minimum atomic E-state index is -1.04. The number of hydrogen-bond donors (Lipinski definition) is 2. The van der Waals surface area contributed by atoms with Gasteiger partial charge >= 0.3 is 5.97 Å². The molecule has 0 saturated carbocycles. The Morgan fingerprint density at radius 3 is 2.73 bits per heavy atom. The van der Waals surface area contributed by atoms with Crippen LogP contribution in [-0.2, 0) is 20.9 Å². The summed E-state index contributed by atoms with van der Waals surface area (Å²) in [6, 6.07) is 9.90. The number of rotatable bonds is 8. The number of carboxylic acid groups (broad SMARTS) is 1. The van der Waals surface area contributed by atoms with Crippen LogP contribution >= 0.6 is 0 Å². The van der Waals surface area contributed by atoms with Gasteiger partial charge in [0.05, 0.1) is 12.6 Å². The van der Waals surface area contributed by atoms with Crippen LogP contribution in [0, 0.1) is 0 Å². The summed E-state index contributed by atoms with van der Waals surface area (Å²) in [6.45, 7) is 1.91. The highest BCUT2D eigenvalue weighted by molar-refractivity contribution is 5.82. The molecule has 120 valence electrons. The van der Waals surface area contributed by atoms with E-state index in [0.717, 1.165) is 25.0 Å². The molecule has 1 unspecified atom stereocenters. The molecule has 1 aromatic carbocycles. The van der Waals surface area contributed by atoms with Gasteiger partial charge in [-0.05, 0) is 18.4 Å². The fraction of sp³-hybridized carbons (Fsp3) is 0.500. The fourth-order valence-electron chi connectivity index (χ4n) is 2.54. The van der Waals surface area contributed by atoms with Gasteiger partial charge in [0.25, 0.3) is 0 Å². The van der Waals surface area contributed by atoms with Gasteiger partial charge in [-0.15, -0.1) is 0 Å². The lowest BCUT2D eigenvalue weighted by molar-refractivity contribution is -0.138. The first-order valence-corrected chi connectivity index (χ1v) is 7.50. The van der Waals surface area contributed by atoms with E-state index in [0.29, 0.717) is 13.1 Å². The van der Waals surface area contributed by atoms with E-state index in [1.807, 2.05) is 35.2 Å². The molecule has 1 aromatic rings. The molecule has 2 rings (SSSR count). The minimum absolute atomic E-state index is 0.149. The van der Waals surface area contributed by atoms with Crippen LogP contribution in [0.2, 0.25) is 0 Å². The second kappa shape index (κ2) is 8.51. The first kappa shape index (κ1) is 16.5. The van der Waals surface area contributed by atoms with Gasteiger partial charge in [0.1, 0.15) is 6.54 Å². The molecule has 0 aromatic heterocycles. The Balaban J connectivity index is 1.91. The Kier molecular flexibility index (Phi) is 6.36. The van der Waals surface area contributed by atoms with Gasteiger partial charge in [-0.25, -0.2) is 0 Å². The van der Waals surface area contributed by atoms with E-state index < -0.39 is 5.97 Å². The Morgan fingerprint density at radius 2 is 2.09 bits per heavy atom. The summed E-state index contributed by atoms with van der Waals surface area (Å²) in [4.78, 5) is 24.4. The van der Waals surface area contributed by atoms with Gasteiger partial charge in [-0.1, -0.05) is 30.3 Å². The molecule has 1 amide bonds. The number of carbonyl (C=O) groups is 2. The van der Waals surface area contributed by atoms with Gasteiger partial charge in [0, 0.05) is 19.7 Å². The maximum Gasteiger partial charge on any atom is 0.322 e. The van der Waals surface area contributed by atoms with E-state index in [1.54, 1.807) is 0 Å². The molecule has 1 atom stereocenters. The molecule has 0 aliphatic carbocycles. The van der Waals surface area contributed by atoms with Crippen molar-refractivity contribution in [2.24, 2.45) is 0 Å². The molecule has 1 heterocycles. The van der Waals surface area contributed by atoms with Crippen molar-refractivity contribution in [3.05, 3.63) is 35.9 Å². The topological polar surface area (TPSA) is 78.9 Å². The second-order valence-corrected chi connectivity index (χ2v) is 5.46. The third-order valence-electron chi connectivity index (χ3n) is 3.54. The molecule has 2 N–H and O–H groups in total. The molecule has 0 radical (unpaired) electrons. The van der Waals surface area contributed by atoms with Gasteiger partial charge in [0.2, 0.25) is 5.91 Å². The van der Waals surface area contributed by atoms with E-state index in [2.05, 4.69) is 5.32 Å². The highest BCUT2D eigenvalue weighted by Crippen LogP contribution is 2.15. The van der Waals surface area contributed by atoms with Crippen LogP contribution in [0.5, 0.6) is 0 Å². The lowest BCUT2D eigenvalue weighted by Crippen LogP contribution is -2.41. The number of benzene rings is 1. The van der Waals surface area contributed by atoms with Crippen LogP contribution in [0.1, 0.15) is 18.4 Å². The van der Waals surface area contributed by atoms with E-state index in [9.17, 15) is 9.59 Å². The van der Waals surface area contributed by atoms with Gasteiger partial charge in [-0.2, -0.15) is 0 Å². The predicted molar refractivity (Wildman–Crippen MR) is 81.3 cm³/mol. The Hall–Kier alpha value is -1.92. The van der Waals surface area contributed by atoms with Gasteiger partial charge in [0.15, 0.2) is 0 Å². The lowest BCUT2D eigenvalue weighted by Gasteiger charge is -2.24. The number of amides is 1. The SMILES string of the molecule is O=C(O)CNC(=O)CN(Cc1ccccc1)CC1CCCO1. The van der Waals surface area contributed by atoms with Crippen molar-refractivity contribution < 1.29 is 19.4 Å². The van der Waals surface area contributed by atoms with Crippen molar-refractivity contribution in [2.75, 3.05) is 26.2 Å². The van der Waals surface area contributed by atoms with Crippen molar-refractivity contribution in [1.29, 1.82) is 0 Å². The van der Waals surface area contributed by atoms with E-state index in [4.69, 9.17) is 9.84 Å². The second-order valence-electron chi connectivity index (χ2n) is 5.46. The zero-order valence-corrected chi connectivity index (χ0v) is 12.5. The quantitative estimate of drug-likeness (QED) is 0.745. The number of aliphatic carboxylic acids is 1. The van der Waals surface area contributed by atoms with E-state index >= 15 is 0 Å². The number of carboxylic acids is 1. The summed E-state index contributed by atoms with van der Waals surface area (Å²) >= 11 is 0. The normalized spacial score (nSPS) is 17.6. The van der Waals surface area contributed by atoms with Gasteiger partial charge in [-0.3, -0.25) is 14.5 Å². The summed E-state index contributed by atoms with van der Waals surface area (Å²) < 4.78 is 5.63.